The summed E-state index contributed by atoms with van der Waals surface area (Å²) in [6.07, 6.45) is 10.6. The highest BCUT2D eigenvalue weighted by Gasteiger charge is 2.34. The molecule has 0 bridgehead atoms. The molecule has 3 aliphatic heterocycles. The summed E-state index contributed by atoms with van der Waals surface area (Å²) in [5, 5.41) is 12.1. The highest BCUT2D eigenvalue weighted by Crippen LogP contribution is 2.36. The van der Waals surface area contributed by atoms with Gasteiger partial charge < -0.3 is 25.6 Å². The van der Waals surface area contributed by atoms with E-state index in [0.717, 1.165) is 83.5 Å². The van der Waals surface area contributed by atoms with Crippen LogP contribution in [0.4, 0.5) is 31.0 Å². The fourth-order valence-corrected chi connectivity index (χ4v) is 9.22. The summed E-state index contributed by atoms with van der Waals surface area (Å²) in [6, 6.07) is 10.2. The van der Waals surface area contributed by atoms with Gasteiger partial charge in [0.15, 0.2) is 5.82 Å². The van der Waals surface area contributed by atoms with Gasteiger partial charge in [-0.3, -0.25) is 24.6 Å². The van der Waals surface area contributed by atoms with Crippen molar-refractivity contribution in [1.29, 1.82) is 0 Å². The summed E-state index contributed by atoms with van der Waals surface area (Å²) in [5.74, 6) is -0.598. The number of aromatic nitrogens is 3. The molecule has 4 N–H and O–H groups in total. The minimum atomic E-state index is -0.611. The number of benzene rings is 1. The lowest BCUT2D eigenvalue weighted by Crippen LogP contribution is -2.47. The largest absolute Gasteiger partial charge is 0.449 e. The molecule has 4 amide bonds. The highest BCUT2D eigenvalue weighted by atomic mass is 19.1. The first kappa shape index (κ1) is 39.6. The molecule has 1 atom stereocenters. The molecule has 0 spiro atoms. The van der Waals surface area contributed by atoms with Crippen molar-refractivity contribution < 1.29 is 32.7 Å². The van der Waals surface area contributed by atoms with E-state index in [1.54, 1.807) is 18.2 Å². The Morgan fingerprint density at radius 3 is 2.34 bits per heavy atom. The van der Waals surface area contributed by atoms with Gasteiger partial charge in [0.05, 0.1) is 18.5 Å². The fraction of sp³-hybridized carbons (Fsp3) is 0.548. The molecular weight excluding hydrogens is 749 g/mol. The lowest BCUT2D eigenvalue weighted by Gasteiger charge is -2.41. The number of nitrogens with one attached hydrogen (secondary N) is 4. The molecule has 58 heavy (non-hydrogen) atoms. The standard InChI is InChI=1S/C42H51F2N9O5/c43-32-23-29(46-35-15-16-37(54)50-40(35)56)11-14-31(32)25-17-20-52(21-18-25)30-12-5-26(6-13-30)39(55)47-27-7-9-28(10-8-27)48-41-45-24-33(44)38(51-41)34-3-1-4-36(49-34)53-19-2-22-58-42(53)57/h1,3-4,11,14,23-28,30,35,46H,2,5-10,12-13,15-22H2,(H,47,55)(H,45,48,51)(H,50,54,56)/t26-,27?,28?,30-,35?. The van der Waals surface area contributed by atoms with Crippen molar-refractivity contribution >= 4 is 41.3 Å². The lowest BCUT2D eigenvalue weighted by atomic mass is 9.82. The highest BCUT2D eigenvalue weighted by molar-refractivity contribution is 6.01. The minimum absolute atomic E-state index is 0.00439. The molecular formula is C42H51F2N9O5. The van der Waals surface area contributed by atoms with E-state index in [9.17, 15) is 23.6 Å². The predicted octanol–water partition coefficient (Wildman–Crippen LogP) is 5.66. The average molecular weight is 800 g/mol. The second-order valence-corrected chi connectivity index (χ2v) is 16.3. The monoisotopic (exact) mass is 799 g/mol. The summed E-state index contributed by atoms with van der Waals surface area (Å²) < 4.78 is 35.3. The SMILES string of the molecule is O=C1CCC(Nc2ccc(C3CCN([C@H]4CC[C@H](C(=O)NC5CCC(Nc6ncc(F)c(-c7cccc(N8CCCOC8=O)n7)n6)CC5)CC4)CC3)c(F)c2)C(=O)N1. The van der Waals surface area contributed by atoms with Crippen LogP contribution in [0.25, 0.3) is 11.4 Å². The van der Waals surface area contributed by atoms with Gasteiger partial charge in [-0.15, -0.1) is 0 Å². The smallest absolute Gasteiger partial charge is 0.415 e. The summed E-state index contributed by atoms with van der Waals surface area (Å²) >= 11 is 0. The van der Waals surface area contributed by atoms with Gasteiger partial charge in [-0.05, 0) is 126 Å². The Kier molecular flexibility index (Phi) is 12.1. The molecule has 0 radical (unpaired) electrons. The van der Waals surface area contributed by atoms with Crippen LogP contribution in [0.1, 0.15) is 95.0 Å². The molecule has 3 saturated heterocycles. The van der Waals surface area contributed by atoms with Crippen LogP contribution in [-0.4, -0.2) is 94.1 Å². The Labute approximate surface area is 336 Å². The molecule has 5 aliphatic rings. The third kappa shape index (κ3) is 9.22. The number of halogens is 2. The zero-order valence-electron chi connectivity index (χ0n) is 32.6. The van der Waals surface area contributed by atoms with Gasteiger partial charge >= 0.3 is 6.09 Å². The number of likely N-dealkylation sites (tertiary alicyclic amines) is 1. The third-order valence-corrected chi connectivity index (χ3v) is 12.5. The number of hydrogen-bond acceptors (Lipinski definition) is 11. The number of cyclic esters (lactones) is 1. The van der Waals surface area contributed by atoms with Crippen molar-refractivity contribution in [2.24, 2.45) is 5.92 Å². The zero-order valence-corrected chi connectivity index (χ0v) is 32.6. The van der Waals surface area contributed by atoms with E-state index >= 15 is 4.39 Å². The molecule has 2 saturated carbocycles. The minimum Gasteiger partial charge on any atom is -0.449 e. The summed E-state index contributed by atoms with van der Waals surface area (Å²) in [6.45, 7) is 2.62. The number of hydrogen-bond donors (Lipinski definition) is 4. The molecule has 5 fully saturated rings. The predicted molar refractivity (Wildman–Crippen MR) is 212 cm³/mol. The lowest BCUT2D eigenvalue weighted by molar-refractivity contribution is -0.133. The van der Waals surface area contributed by atoms with Gasteiger partial charge in [-0.1, -0.05) is 12.1 Å². The topological polar surface area (TPSA) is 171 Å². The molecule has 1 unspecified atom stereocenters. The number of amides is 4. The molecule has 8 rings (SSSR count). The van der Waals surface area contributed by atoms with E-state index in [1.165, 1.54) is 11.0 Å². The van der Waals surface area contributed by atoms with Gasteiger partial charge in [0.1, 0.15) is 23.4 Å². The summed E-state index contributed by atoms with van der Waals surface area (Å²) in [4.78, 5) is 66.2. The van der Waals surface area contributed by atoms with Crippen LogP contribution in [0, 0.1) is 17.6 Å². The first-order valence-corrected chi connectivity index (χ1v) is 20.8. The number of piperidine rings is 2. The fourth-order valence-electron chi connectivity index (χ4n) is 9.22. The van der Waals surface area contributed by atoms with E-state index in [-0.39, 0.29) is 59.6 Å². The molecule has 2 aromatic heterocycles. The molecule has 1 aromatic carbocycles. The van der Waals surface area contributed by atoms with Crippen LogP contribution in [0.15, 0.2) is 42.6 Å². The number of rotatable bonds is 10. The number of carbonyl (C=O) groups excluding carboxylic acids is 4. The van der Waals surface area contributed by atoms with Crippen LogP contribution in [0.5, 0.6) is 0 Å². The first-order valence-electron chi connectivity index (χ1n) is 20.8. The van der Waals surface area contributed by atoms with Crippen LogP contribution in [0.3, 0.4) is 0 Å². The van der Waals surface area contributed by atoms with E-state index in [1.807, 2.05) is 12.1 Å². The van der Waals surface area contributed by atoms with Crippen LogP contribution >= 0.6 is 0 Å². The van der Waals surface area contributed by atoms with Crippen molar-refractivity contribution in [3.63, 3.8) is 0 Å². The van der Waals surface area contributed by atoms with Crippen molar-refractivity contribution in [2.75, 3.05) is 41.8 Å². The Hall–Kier alpha value is -5.25. The number of nitrogens with zero attached hydrogens (tertiary/aromatic N) is 5. The van der Waals surface area contributed by atoms with E-state index in [4.69, 9.17) is 4.74 Å². The zero-order chi connectivity index (χ0) is 40.2. The average Bonchev–Trinajstić information content (AvgIpc) is 3.24. The van der Waals surface area contributed by atoms with Crippen LogP contribution < -0.4 is 26.2 Å². The van der Waals surface area contributed by atoms with E-state index < -0.39 is 18.0 Å². The second-order valence-electron chi connectivity index (χ2n) is 16.3. The summed E-state index contributed by atoms with van der Waals surface area (Å²) in [7, 11) is 0. The van der Waals surface area contributed by atoms with Gasteiger partial charge in [0.25, 0.3) is 0 Å². The number of anilines is 3. The number of imide groups is 1. The van der Waals surface area contributed by atoms with Gasteiger partial charge in [-0.2, -0.15) is 0 Å². The van der Waals surface area contributed by atoms with E-state index in [0.29, 0.717) is 60.7 Å². The Morgan fingerprint density at radius 1 is 0.828 bits per heavy atom. The number of pyridine rings is 1. The van der Waals surface area contributed by atoms with Crippen molar-refractivity contribution in [3.8, 4) is 11.4 Å². The Bertz CT molecular complexity index is 2000. The van der Waals surface area contributed by atoms with Gasteiger partial charge in [0.2, 0.25) is 23.7 Å². The maximum absolute atomic E-state index is 15.3. The van der Waals surface area contributed by atoms with Crippen LogP contribution in [0.2, 0.25) is 0 Å². The molecule has 14 nitrogen and oxygen atoms in total. The Balaban J connectivity index is 0.754. The molecule has 2 aliphatic carbocycles. The normalized spacial score (nSPS) is 26.1. The van der Waals surface area contributed by atoms with Gasteiger partial charge in [-0.25, -0.2) is 28.5 Å². The second kappa shape index (κ2) is 17.7. The molecule has 5 heterocycles. The first-order chi connectivity index (χ1) is 28.2. The van der Waals surface area contributed by atoms with Crippen molar-refractivity contribution in [3.05, 3.63) is 59.8 Å². The number of carbonyl (C=O) groups is 4. The molecule has 308 valence electrons. The van der Waals surface area contributed by atoms with Crippen molar-refractivity contribution in [2.45, 2.75) is 114 Å². The quantitative estimate of drug-likeness (QED) is 0.187. The maximum Gasteiger partial charge on any atom is 0.415 e. The summed E-state index contributed by atoms with van der Waals surface area (Å²) in [5.41, 5.74) is 1.58. The Morgan fingerprint density at radius 2 is 1.60 bits per heavy atom. The molecule has 3 aromatic rings. The van der Waals surface area contributed by atoms with Gasteiger partial charge in [0, 0.05) is 42.7 Å². The van der Waals surface area contributed by atoms with Crippen LogP contribution in [-0.2, 0) is 19.1 Å². The molecule has 16 heteroatoms. The van der Waals surface area contributed by atoms with E-state index in [2.05, 4.69) is 41.1 Å². The van der Waals surface area contributed by atoms with Crippen molar-refractivity contribution in [1.82, 2.24) is 30.5 Å². The third-order valence-electron chi connectivity index (χ3n) is 12.5. The maximum atomic E-state index is 15.3. The number of ether oxygens (including phenoxy) is 1.